The lowest BCUT2D eigenvalue weighted by Crippen LogP contribution is -2.46. The van der Waals surface area contributed by atoms with Gasteiger partial charge in [-0.1, -0.05) is 13.3 Å². The molecule has 7 heteroatoms. The van der Waals surface area contributed by atoms with Crippen LogP contribution in [-0.4, -0.2) is 53.5 Å². The quantitative estimate of drug-likeness (QED) is 0.582. The van der Waals surface area contributed by atoms with Gasteiger partial charge in [0.2, 0.25) is 5.91 Å². The smallest absolute Gasteiger partial charge is 0.306 e. The van der Waals surface area contributed by atoms with E-state index in [4.69, 9.17) is 9.84 Å². The van der Waals surface area contributed by atoms with Gasteiger partial charge < -0.3 is 9.84 Å². The van der Waals surface area contributed by atoms with Crippen LogP contribution in [0.5, 0.6) is 5.75 Å². The molecular weight excluding hydrogens is 348 g/mol. The first-order valence-electron chi connectivity index (χ1n) is 9.57. The Balaban J connectivity index is 1.63. The van der Waals surface area contributed by atoms with E-state index in [0.717, 1.165) is 18.6 Å². The van der Waals surface area contributed by atoms with Crippen LogP contribution in [0.1, 0.15) is 39.0 Å². The summed E-state index contributed by atoms with van der Waals surface area (Å²) in [6.07, 6.45) is 3.20. The molecule has 0 aromatic heterocycles. The number of carboxylic acid groups (broad SMARTS) is 1. The SMILES string of the molecule is CCCCOc1ccc(N2C(=O)CC(N3CCC(C(=O)O)CC3)C2=O)cc1. The van der Waals surface area contributed by atoms with Gasteiger partial charge in [-0.25, -0.2) is 4.90 Å². The zero-order chi connectivity index (χ0) is 19.4. The molecule has 1 N–H and O–H groups in total. The molecule has 7 nitrogen and oxygen atoms in total. The number of hydrogen-bond donors (Lipinski definition) is 1. The molecule has 0 saturated carbocycles. The van der Waals surface area contributed by atoms with Crippen molar-refractivity contribution in [3.63, 3.8) is 0 Å². The lowest BCUT2D eigenvalue weighted by atomic mass is 9.96. The Kier molecular flexibility index (Phi) is 6.11. The van der Waals surface area contributed by atoms with E-state index >= 15 is 0 Å². The zero-order valence-electron chi connectivity index (χ0n) is 15.6. The van der Waals surface area contributed by atoms with E-state index in [1.54, 1.807) is 24.3 Å². The van der Waals surface area contributed by atoms with Crippen LogP contribution in [0, 0.1) is 5.92 Å². The Bertz CT molecular complexity index is 695. The topological polar surface area (TPSA) is 87.2 Å². The number of benzene rings is 1. The van der Waals surface area contributed by atoms with Crippen molar-refractivity contribution >= 4 is 23.5 Å². The van der Waals surface area contributed by atoms with Crippen LogP contribution >= 0.6 is 0 Å². The highest BCUT2D eigenvalue weighted by molar-refractivity contribution is 6.22. The highest BCUT2D eigenvalue weighted by Gasteiger charge is 2.43. The van der Waals surface area contributed by atoms with Gasteiger partial charge in [-0.15, -0.1) is 0 Å². The van der Waals surface area contributed by atoms with Gasteiger partial charge in [0.1, 0.15) is 5.75 Å². The van der Waals surface area contributed by atoms with Crippen molar-refractivity contribution in [1.82, 2.24) is 4.90 Å². The van der Waals surface area contributed by atoms with E-state index in [0.29, 0.717) is 38.2 Å². The predicted molar refractivity (Wildman–Crippen MR) is 99.7 cm³/mol. The highest BCUT2D eigenvalue weighted by Crippen LogP contribution is 2.29. The van der Waals surface area contributed by atoms with Crippen molar-refractivity contribution in [2.75, 3.05) is 24.6 Å². The van der Waals surface area contributed by atoms with Gasteiger partial charge in [-0.3, -0.25) is 19.3 Å². The molecule has 2 fully saturated rings. The number of likely N-dealkylation sites (tertiary alicyclic amines) is 1. The van der Waals surface area contributed by atoms with Crippen LogP contribution in [0.15, 0.2) is 24.3 Å². The van der Waals surface area contributed by atoms with Crippen LogP contribution in [0.4, 0.5) is 5.69 Å². The summed E-state index contributed by atoms with van der Waals surface area (Å²) in [7, 11) is 0. The molecule has 27 heavy (non-hydrogen) atoms. The fourth-order valence-corrected chi connectivity index (χ4v) is 3.66. The molecule has 3 rings (SSSR count). The summed E-state index contributed by atoms with van der Waals surface area (Å²) >= 11 is 0. The first kappa shape index (κ1) is 19.4. The largest absolute Gasteiger partial charge is 0.494 e. The van der Waals surface area contributed by atoms with Gasteiger partial charge >= 0.3 is 5.97 Å². The van der Waals surface area contributed by atoms with Gasteiger partial charge in [0, 0.05) is 0 Å². The number of imide groups is 1. The second-order valence-electron chi connectivity index (χ2n) is 7.13. The highest BCUT2D eigenvalue weighted by atomic mass is 16.5. The number of carbonyl (C=O) groups excluding carboxylic acids is 2. The molecule has 1 unspecified atom stereocenters. The number of carboxylic acids is 1. The summed E-state index contributed by atoms with van der Waals surface area (Å²) in [5.41, 5.74) is 0.552. The van der Waals surface area contributed by atoms with E-state index < -0.39 is 12.0 Å². The maximum Gasteiger partial charge on any atom is 0.306 e. The van der Waals surface area contributed by atoms with Gasteiger partial charge in [0.25, 0.3) is 5.91 Å². The summed E-state index contributed by atoms with van der Waals surface area (Å²) < 4.78 is 5.62. The third kappa shape index (κ3) is 4.30. The number of rotatable bonds is 7. The molecule has 2 aliphatic heterocycles. The number of aliphatic carboxylic acids is 1. The Labute approximate surface area is 158 Å². The molecule has 1 atom stereocenters. The number of unbranched alkanes of at least 4 members (excludes halogenated alkanes) is 1. The van der Waals surface area contributed by atoms with Crippen LogP contribution in [-0.2, 0) is 14.4 Å². The molecule has 0 radical (unpaired) electrons. The molecule has 1 aromatic rings. The monoisotopic (exact) mass is 374 g/mol. The number of anilines is 1. The first-order chi connectivity index (χ1) is 13.0. The standard InChI is InChI=1S/C20H26N2O5/c1-2-3-12-27-16-6-4-15(5-7-16)22-18(23)13-17(19(22)24)21-10-8-14(9-11-21)20(25)26/h4-7,14,17H,2-3,8-13H2,1H3,(H,25,26). The molecule has 1 aromatic carbocycles. The maximum absolute atomic E-state index is 12.8. The van der Waals surface area contributed by atoms with E-state index in [1.165, 1.54) is 4.90 Å². The third-order valence-electron chi connectivity index (χ3n) is 5.30. The van der Waals surface area contributed by atoms with Crippen molar-refractivity contribution in [2.45, 2.75) is 45.1 Å². The van der Waals surface area contributed by atoms with Gasteiger partial charge in [0.05, 0.1) is 30.7 Å². The summed E-state index contributed by atoms with van der Waals surface area (Å²) in [6, 6.07) is 6.52. The number of hydrogen-bond acceptors (Lipinski definition) is 5. The summed E-state index contributed by atoms with van der Waals surface area (Å²) in [5, 5.41) is 9.11. The summed E-state index contributed by atoms with van der Waals surface area (Å²) in [5.74, 6) is -0.867. The molecule has 0 bridgehead atoms. The average molecular weight is 374 g/mol. The van der Waals surface area contributed by atoms with Gasteiger partial charge in [-0.05, 0) is 56.6 Å². The fraction of sp³-hybridized carbons (Fsp3) is 0.550. The number of amides is 2. The minimum Gasteiger partial charge on any atom is -0.494 e. The Morgan fingerprint density at radius 3 is 2.44 bits per heavy atom. The Morgan fingerprint density at radius 2 is 1.85 bits per heavy atom. The predicted octanol–water partition coefficient (Wildman–Crippen LogP) is 2.29. The van der Waals surface area contributed by atoms with Crippen molar-refractivity contribution < 1.29 is 24.2 Å². The van der Waals surface area contributed by atoms with Crippen molar-refractivity contribution in [1.29, 1.82) is 0 Å². The zero-order valence-corrected chi connectivity index (χ0v) is 15.6. The van der Waals surface area contributed by atoms with Crippen LogP contribution in [0.25, 0.3) is 0 Å². The summed E-state index contributed by atoms with van der Waals surface area (Å²) in [6.45, 7) is 3.79. The van der Waals surface area contributed by atoms with Crippen molar-refractivity contribution in [3.05, 3.63) is 24.3 Å². The molecule has 2 saturated heterocycles. The normalized spacial score (nSPS) is 21.7. The average Bonchev–Trinajstić information content (AvgIpc) is 2.97. The number of piperidine rings is 1. The minimum absolute atomic E-state index is 0.144. The van der Waals surface area contributed by atoms with E-state index in [9.17, 15) is 14.4 Å². The van der Waals surface area contributed by atoms with Crippen LogP contribution < -0.4 is 9.64 Å². The van der Waals surface area contributed by atoms with E-state index in [2.05, 4.69) is 6.92 Å². The molecule has 2 aliphatic rings. The third-order valence-corrected chi connectivity index (χ3v) is 5.30. The van der Waals surface area contributed by atoms with Crippen molar-refractivity contribution in [2.24, 2.45) is 5.92 Å². The lowest BCUT2D eigenvalue weighted by Gasteiger charge is -2.33. The van der Waals surface area contributed by atoms with Crippen molar-refractivity contribution in [3.8, 4) is 5.75 Å². The first-order valence-corrected chi connectivity index (χ1v) is 9.57. The lowest BCUT2D eigenvalue weighted by molar-refractivity contribution is -0.143. The number of ether oxygens (including phenoxy) is 1. The Hall–Kier alpha value is -2.41. The number of carbonyl (C=O) groups is 3. The van der Waals surface area contributed by atoms with E-state index in [-0.39, 0.29) is 24.2 Å². The molecule has 2 amide bonds. The Morgan fingerprint density at radius 1 is 1.19 bits per heavy atom. The van der Waals surface area contributed by atoms with Crippen LogP contribution in [0.3, 0.4) is 0 Å². The molecule has 2 heterocycles. The fourth-order valence-electron chi connectivity index (χ4n) is 3.66. The molecule has 0 spiro atoms. The number of nitrogens with zero attached hydrogens (tertiary/aromatic N) is 2. The molecule has 0 aliphatic carbocycles. The molecular formula is C20H26N2O5. The summed E-state index contributed by atoms with van der Waals surface area (Å²) in [4.78, 5) is 39.6. The van der Waals surface area contributed by atoms with Gasteiger partial charge in [0.15, 0.2) is 0 Å². The molecule has 146 valence electrons. The minimum atomic E-state index is -0.786. The maximum atomic E-state index is 12.8. The van der Waals surface area contributed by atoms with Crippen LogP contribution in [0.2, 0.25) is 0 Å². The van der Waals surface area contributed by atoms with E-state index in [1.807, 2.05) is 4.90 Å². The second-order valence-corrected chi connectivity index (χ2v) is 7.13. The van der Waals surface area contributed by atoms with Gasteiger partial charge in [-0.2, -0.15) is 0 Å². The second kappa shape index (κ2) is 8.52.